The standard InChI is InChI=1S/C14H12NS/c1-2-16-13-9-11-7-3-5-10-6-4-8-12(15-13)14(10)11/h3-9,15H,1-2H2. The molecule has 0 atom stereocenters. The van der Waals surface area contributed by atoms with Crippen LogP contribution in [0.5, 0.6) is 0 Å². The first kappa shape index (κ1) is 9.79. The number of rotatable bonds is 2. The van der Waals surface area contributed by atoms with E-state index in [9.17, 15) is 0 Å². The molecule has 16 heavy (non-hydrogen) atoms. The van der Waals surface area contributed by atoms with Crippen LogP contribution in [0, 0.1) is 6.92 Å². The molecule has 2 heteroatoms. The van der Waals surface area contributed by atoms with Gasteiger partial charge >= 0.3 is 0 Å². The largest absolute Gasteiger partial charge is 0.350 e. The minimum absolute atomic E-state index is 0.844. The molecule has 1 radical (unpaired) electrons. The third kappa shape index (κ3) is 1.50. The van der Waals surface area contributed by atoms with Crippen molar-refractivity contribution in [2.75, 3.05) is 11.1 Å². The monoisotopic (exact) mass is 226 g/mol. The van der Waals surface area contributed by atoms with Gasteiger partial charge in [-0.15, -0.1) is 11.8 Å². The van der Waals surface area contributed by atoms with Crippen molar-refractivity contribution < 1.29 is 0 Å². The normalized spacial score (nSPS) is 13.4. The van der Waals surface area contributed by atoms with Crippen molar-refractivity contribution in [2.45, 2.75) is 0 Å². The highest BCUT2D eigenvalue weighted by atomic mass is 32.2. The Bertz CT molecular complexity index is 567. The molecule has 0 fully saturated rings. The van der Waals surface area contributed by atoms with Gasteiger partial charge in [-0.25, -0.2) is 0 Å². The predicted octanol–water partition coefficient (Wildman–Crippen LogP) is 4.13. The van der Waals surface area contributed by atoms with E-state index in [0.29, 0.717) is 0 Å². The molecule has 0 aromatic heterocycles. The molecular weight excluding hydrogens is 214 g/mol. The first-order chi connectivity index (χ1) is 7.88. The lowest BCUT2D eigenvalue weighted by molar-refractivity contribution is 1.56. The van der Waals surface area contributed by atoms with Crippen LogP contribution < -0.4 is 5.32 Å². The molecule has 0 bridgehead atoms. The molecule has 2 aromatic carbocycles. The maximum absolute atomic E-state index is 3.87. The zero-order chi connectivity index (χ0) is 11.0. The summed E-state index contributed by atoms with van der Waals surface area (Å²) in [5, 5.41) is 7.24. The van der Waals surface area contributed by atoms with Gasteiger partial charge in [0.2, 0.25) is 0 Å². The lowest BCUT2D eigenvalue weighted by Gasteiger charge is -2.19. The van der Waals surface area contributed by atoms with Crippen molar-refractivity contribution in [3.05, 3.63) is 53.9 Å². The second-order valence-electron chi connectivity index (χ2n) is 3.73. The van der Waals surface area contributed by atoms with Gasteiger partial charge in [0, 0.05) is 11.1 Å². The number of nitrogens with one attached hydrogen (secondary N) is 1. The summed E-state index contributed by atoms with van der Waals surface area (Å²) in [5.41, 5.74) is 2.49. The van der Waals surface area contributed by atoms with Gasteiger partial charge in [0.15, 0.2) is 0 Å². The van der Waals surface area contributed by atoms with Crippen molar-refractivity contribution >= 4 is 34.3 Å². The van der Waals surface area contributed by atoms with Crippen molar-refractivity contribution in [1.29, 1.82) is 0 Å². The molecule has 0 saturated carbocycles. The van der Waals surface area contributed by atoms with Crippen LogP contribution in [0.4, 0.5) is 5.69 Å². The Morgan fingerprint density at radius 2 is 1.94 bits per heavy atom. The molecule has 0 unspecified atom stereocenters. The number of hydrogen-bond donors (Lipinski definition) is 1. The molecule has 0 saturated heterocycles. The Morgan fingerprint density at radius 1 is 1.12 bits per heavy atom. The summed E-state index contributed by atoms with van der Waals surface area (Å²) in [5.74, 6) is 0.844. The van der Waals surface area contributed by atoms with Crippen molar-refractivity contribution in [2.24, 2.45) is 0 Å². The van der Waals surface area contributed by atoms with Crippen LogP contribution in [0.25, 0.3) is 16.8 Å². The average Bonchev–Trinajstić information content (AvgIpc) is 2.30. The number of benzene rings is 2. The predicted molar refractivity (Wildman–Crippen MR) is 73.4 cm³/mol. The van der Waals surface area contributed by atoms with E-state index in [1.165, 1.54) is 27.1 Å². The van der Waals surface area contributed by atoms with Gasteiger partial charge in [-0.1, -0.05) is 30.3 Å². The molecule has 1 aliphatic rings. The Labute approximate surface area is 99.6 Å². The summed E-state index contributed by atoms with van der Waals surface area (Å²) in [6, 6.07) is 12.8. The highest BCUT2D eigenvalue weighted by Crippen LogP contribution is 2.35. The maximum Gasteiger partial charge on any atom is 0.0731 e. The van der Waals surface area contributed by atoms with Crippen LogP contribution in [-0.4, -0.2) is 5.75 Å². The van der Waals surface area contributed by atoms with Crippen molar-refractivity contribution in [3.8, 4) is 0 Å². The van der Waals surface area contributed by atoms with Crippen LogP contribution in [0.2, 0.25) is 0 Å². The summed E-state index contributed by atoms with van der Waals surface area (Å²) in [4.78, 5) is 0. The lowest BCUT2D eigenvalue weighted by atomic mass is 10.0. The molecule has 0 amide bonds. The summed E-state index contributed by atoms with van der Waals surface area (Å²) < 4.78 is 0. The average molecular weight is 226 g/mol. The Kier molecular flexibility index (Phi) is 2.37. The quantitative estimate of drug-likeness (QED) is 0.826. The van der Waals surface area contributed by atoms with Crippen LogP contribution in [0.3, 0.4) is 0 Å². The second kappa shape index (κ2) is 3.87. The van der Waals surface area contributed by atoms with E-state index in [1.54, 1.807) is 11.8 Å². The Morgan fingerprint density at radius 3 is 2.75 bits per heavy atom. The molecule has 79 valence electrons. The topological polar surface area (TPSA) is 12.0 Å². The van der Waals surface area contributed by atoms with Gasteiger partial charge < -0.3 is 5.32 Å². The molecule has 0 spiro atoms. The van der Waals surface area contributed by atoms with E-state index >= 15 is 0 Å². The van der Waals surface area contributed by atoms with Gasteiger partial charge in [0.1, 0.15) is 0 Å². The molecule has 2 aromatic rings. The number of thioether (sulfide) groups is 1. The first-order valence-electron chi connectivity index (χ1n) is 5.31. The van der Waals surface area contributed by atoms with Crippen molar-refractivity contribution in [3.63, 3.8) is 0 Å². The Hall–Kier alpha value is -1.41. The number of anilines is 1. The molecule has 1 aliphatic heterocycles. The fourth-order valence-electron chi connectivity index (χ4n) is 2.09. The SMILES string of the molecule is [CH2]CSC1=Cc2cccc3cccc(c23)N1. The van der Waals surface area contributed by atoms with Gasteiger partial charge in [-0.3, -0.25) is 0 Å². The highest BCUT2D eigenvalue weighted by molar-refractivity contribution is 8.03. The van der Waals surface area contributed by atoms with E-state index in [-0.39, 0.29) is 0 Å². The molecular formula is C14H12NS. The third-order valence-electron chi connectivity index (χ3n) is 2.74. The summed E-state index contributed by atoms with van der Waals surface area (Å²) in [6.45, 7) is 3.87. The first-order valence-corrected chi connectivity index (χ1v) is 6.29. The third-order valence-corrected chi connectivity index (χ3v) is 3.47. The maximum atomic E-state index is 3.87. The zero-order valence-corrected chi connectivity index (χ0v) is 9.68. The van der Waals surface area contributed by atoms with E-state index in [4.69, 9.17) is 0 Å². The fraction of sp³-hybridized carbons (Fsp3) is 0.0714. The molecule has 1 N–H and O–H groups in total. The molecule has 3 rings (SSSR count). The highest BCUT2D eigenvalue weighted by Gasteiger charge is 2.11. The lowest BCUT2D eigenvalue weighted by Crippen LogP contribution is -2.02. The van der Waals surface area contributed by atoms with Gasteiger partial charge in [-0.05, 0) is 35.8 Å². The van der Waals surface area contributed by atoms with E-state index in [1.807, 2.05) is 0 Å². The molecule has 0 aliphatic carbocycles. The Balaban J connectivity index is 2.23. The van der Waals surface area contributed by atoms with Crippen LogP contribution in [0.1, 0.15) is 5.56 Å². The van der Waals surface area contributed by atoms with Crippen LogP contribution in [-0.2, 0) is 0 Å². The van der Waals surface area contributed by atoms with Crippen molar-refractivity contribution in [1.82, 2.24) is 0 Å². The summed E-state index contributed by atoms with van der Waals surface area (Å²) in [7, 11) is 0. The second-order valence-corrected chi connectivity index (χ2v) is 4.87. The molecule has 1 nitrogen and oxygen atoms in total. The van der Waals surface area contributed by atoms with Crippen LogP contribution >= 0.6 is 11.8 Å². The minimum atomic E-state index is 0.844. The summed E-state index contributed by atoms with van der Waals surface area (Å²) in [6.07, 6.45) is 2.20. The smallest absolute Gasteiger partial charge is 0.0731 e. The fourth-order valence-corrected chi connectivity index (χ4v) is 2.70. The molecule has 1 heterocycles. The van der Waals surface area contributed by atoms with Gasteiger partial charge in [0.25, 0.3) is 0 Å². The zero-order valence-electron chi connectivity index (χ0n) is 8.86. The van der Waals surface area contributed by atoms with E-state index in [2.05, 4.69) is 54.7 Å². The minimum Gasteiger partial charge on any atom is -0.350 e. The van der Waals surface area contributed by atoms with Gasteiger partial charge in [-0.2, -0.15) is 0 Å². The van der Waals surface area contributed by atoms with E-state index < -0.39 is 0 Å². The number of hydrogen-bond acceptors (Lipinski definition) is 2. The van der Waals surface area contributed by atoms with Gasteiger partial charge in [0.05, 0.1) is 5.03 Å². The van der Waals surface area contributed by atoms with E-state index in [0.717, 1.165) is 5.75 Å². The van der Waals surface area contributed by atoms with Crippen LogP contribution in [0.15, 0.2) is 41.4 Å². The summed E-state index contributed by atoms with van der Waals surface area (Å²) >= 11 is 1.74.